The number of hydrogen-bond donors (Lipinski definition) is 0. The summed E-state index contributed by atoms with van der Waals surface area (Å²) in [6.07, 6.45) is 4.83. The highest BCUT2D eigenvalue weighted by molar-refractivity contribution is 9.10. The number of thiophene rings is 1. The lowest BCUT2D eigenvalue weighted by atomic mass is 9.72. The molecule has 1 aromatic heterocycles. The van der Waals surface area contributed by atoms with Crippen molar-refractivity contribution in [2.45, 2.75) is 46.6 Å². The van der Waals surface area contributed by atoms with Crippen molar-refractivity contribution in [1.82, 2.24) is 0 Å². The Hall–Kier alpha value is -2.93. The molecule has 0 aliphatic heterocycles. The number of aliphatic imine (C=N–C) groups is 1. The van der Waals surface area contributed by atoms with Crippen molar-refractivity contribution < 1.29 is 4.74 Å². The number of ether oxygens (including phenoxy) is 1. The molecular formula is C28H26BrN3OS. The smallest absolute Gasteiger partial charge is 0.134 e. The van der Waals surface area contributed by atoms with Crippen LogP contribution < -0.4 is 4.74 Å². The summed E-state index contributed by atoms with van der Waals surface area (Å²) in [6.45, 7) is 7.18. The maximum atomic E-state index is 9.87. The first-order valence-electron chi connectivity index (χ1n) is 11.3. The molecule has 0 N–H and O–H groups in total. The van der Waals surface area contributed by atoms with E-state index in [1.165, 1.54) is 10.4 Å². The predicted octanol–water partition coefficient (Wildman–Crippen LogP) is 7.73. The van der Waals surface area contributed by atoms with E-state index in [1.807, 2.05) is 36.4 Å². The van der Waals surface area contributed by atoms with Gasteiger partial charge in [0.1, 0.15) is 23.4 Å². The summed E-state index contributed by atoms with van der Waals surface area (Å²) in [5, 5.41) is 20.0. The minimum atomic E-state index is 0.255. The third-order valence-corrected chi connectivity index (χ3v) is 8.05. The SMILES string of the molecule is CC(C)(C)[C@@H]1CCc2c(sc(N=Cc3cc(Br)ccc3OCc3ccccc3C#N)c2C#N)C1. The van der Waals surface area contributed by atoms with Crippen LogP contribution in [-0.4, -0.2) is 6.21 Å². The summed E-state index contributed by atoms with van der Waals surface area (Å²) in [4.78, 5) is 6.05. The molecule has 0 bridgehead atoms. The van der Waals surface area contributed by atoms with Crippen molar-refractivity contribution in [3.63, 3.8) is 0 Å². The van der Waals surface area contributed by atoms with Gasteiger partial charge in [0.15, 0.2) is 0 Å². The third kappa shape index (κ3) is 5.25. The van der Waals surface area contributed by atoms with Gasteiger partial charge in [-0.3, -0.25) is 0 Å². The summed E-state index contributed by atoms with van der Waals surface area (Å²) in [7, 11) is 0. The minimum Gasteiger partial charge on any atom is -0.488 e. The number of hydrogen-bond acceptors (Lipinski definition) is 5. The number of fused-ring (bicyclic) bond motifs is 1. The van der Waals surface area contributed by atoms with Crippen LogP contribution in [-0.2, 0) is 19.4 Å². The van der Waals surface area contributed by atoms with Crippen LogP contribution in [0.15, 0.2) is 51.9 Å². The van der Waals surface area contributed by atoms with Crippen molar-refractivity contribution in [3.05, 3.63) is 79.6 Å². The molecule has 0 radical (unpaired) electrons. The molecule has 4 nitrogen and oxygen atoms in total. The second-order valence-electron chi connectivity index (χ2n) is 9.60. The number of nitrogens with zero attached hydrogens (tertiary/aromatic N) is 3. The molecule has 2 aromatic carbocycles. The number of nitriles is 2. The van der Waals surface area contributed by atoms with Crippen LogP contribution in [0.2, 0.25) is 0 Å². The van der Waals surface area contributed by atoms with E-state index in [-0.39, 0.29) is 12.0 Å². The van der Waals surface area contributed by atoms with Gasteiger partial charge in [-0.2, -0.15) is 10.5 Å². The number of halogens is 1. The van der Waals surface area contributed by atoms with Crippen molar-refractivity contribution >= 4 is 38.5 Å². The van der Waals surface area contributed by atoms with Gasteiger partial charge in [-0.25, -0.2) is 4.99 Å². The fourth-order valence-corrected chi connectivity index (χ4v) is 5.91. The van der Waals surface area contributed by atoms with Crippen LogP contribution in [0.4, 0.5) is 5.00 Å². The standard InChI is InChI=1S/C28H26BrN3OS/c1-28(2,3)21-8-10-23-24(15-31)27(34-26(23)13-21)32-16-20-12-22(29)9-11-25(20)33-17-19-7-5-4-6-18(19)14-30/h4-7,9,11-12,16,21H,8,10,13,17H2,1-3H3/t21-/m1/s1. The molecule has 0 spiro atoms. The zero-order valence-corrected chi connectivity index (χ0v) is 22.0. The summed E-state index contributed by atoms with van der Waals surface area (Å²) in [5.41, 5.74) is 4.40. The summed E-state index contributed by atoms with van der Waals surface area (Å²) < 4.78 is 6.99. The Morgan fingerprint density at radius 3 is 2.71 bits per heavy atom. The zero-order chi connectivity index (χ0) is 24.3. The van der Waals surface area contributed by atoms with Gasteiger partial charge in [0.05, 0.1) is 17.2 Å². The highest BCUT2D eigenvalue weighted by atomic mass is 79.9. The molecular weight excluding hydrogens is 506 g/mol. The van der Waals surface area contributed by atoms with Gasteiger partial charge in [-0.05, 0) is 60.4 Å². The Kier molecular flexibility index (Phi) is 7.22. The molecule has 0 fully saturated rings. The van der Waals surface area contributed by atoms with Crippen molar-refractivity contribution in [2.24, 2.45) is 16.3 Å². The van der Waals surface area contributed by atoms with Crippen LogP contribution in [0.25, 0.3) is 0 Å². The van der Waals surface area contributed by atoms with Crippen LogP contribution in [0.1, 0.15) is 59.9 Å². The molecule has 3 aromatic rings. The molecule has 4 rings (SSSR count). The molecule has 34 heavy (non-hydrogen) atoms. The molecule has 1 atom stereocenters. The van der Waals surface area contributed by atoms with Gasteiger partial charge in [-0.15, -0.1) is 11.3 Å². The van der Waals surface area contributed by atoms with E-state index in [9.17, 15) is 10.5 Å². The van der Waals surface area contributed by atoms with E-state index in [0.717, 1.165) is 39.9 Å². The topological polar surface area (TPSA) is 69.2 Å². The van der Waals surface area contributed by atoms with Gasteiger partial charge in [-0.1, -0.05) is 54.9 Å². The minimum absolute atomic E-state index is 0.255. The Labute approximate surface area is 213 Å². The van der Waals surface area contributed by atoms with Crippen molar-refractivity contribution in [1.29, 1.82) is 10.5 Å². The molecule has 1 heterocycles. The molecule has 1 aliphatic rings. The number of rotatable bonds is 5. The Balaban J connectivity index is 1.60. The molecule has 6 heteroatoms. The lowest BCUT2D eigenvalue weighted by molar-refractivity contribution is 0.218. The monoisotopic (exact) mass is 531 g/mol. The third-order valence-electron chi connectivity index (χ3n) is 6.40. The van der Waals surface area contributed by atoms with E-state index in [0.29, 0.717) is 22.8 Å². The first-order chi connectivity index (χ1) is 16.3. The van der Waals surface area contributed by atoms with Crippen LogP contribution in [0.5, 0.6) is 5.75 Å². The first kappa shape index (κ1) is 24.2. The van der Waals surface area contributed by atoms with Crippen LogP contribution in [0.3, 0.4) is 0 Å². The van der Waals surface area contributed by atoms with Crippen LogP contribution in [0, 0.1) is 34.0 Å². The highest BCUT2D eigenvalue weighted by Crippen LogP contribution is 2.45. The fourth-order valence-electron chi connectivity index (χ4n) is 4.31. The predicted molar refractivity (Wildman–Crippen MR) is 141 cm³/mol. The maximum Gasteiger partial charge on any atom is 0.134 e. The molecule has 0 unspecified atom stereocenters. The van der Waals surface area contributed by atoms with E-state index in [2.05, 4.69) is 48.8 Å². The maximum absolute atomic E-state index is 9.87. The second-order valence-corrected chi connectivity index (χ2v) is 11.6. The lowest BCUT2D eigenvalue weighted by Gasteiger charge is -2.33. The normalized spacial score (nSPS) is 15.5. The summed E-state index contributed by atoms with van der Waals surface area (Å²) in [5.74, 6) is 1.29. The molecule has 0 amide bonds. The average molecular weight is 533 g/mol. The van der Waals surface area contributed by atoms with Crippen LogP contribution >= 0.6 is 27.3 Å². The average Bonchev–Trinajstić information content (AvgIpc) is 3.18. The van der Waals surface area contributed by atoms with Crippen molar-refractivity contribution in [2.75, 3.05) is 0 Å². The first-order valence-corrected chi connectivity index (χ1v) is 12.9. The molecule has 172 valence electrons. The largest absolute Gasteiger partial charge is 0.488 e. The number of benzene rings is 2. The Morgan fingerprint density at radius 2 is 1.97 bits per heavy atom. The van der Waals surface area contributed by atoms with Gasteiger partial charge in [0.25, 0.3) is 0 Å². The lowest BCUT2D eigenvalue weighted by Crippen LogP contribution is -2.26. The highest BCUT2D eigenvalue weighted by Gasteiger charge is 2.32. The Bertz CT molecular complexity index is 1320. The summed E-state index contributed by atoms with van der Waals surface area (Å²) >= 11 is 5.17. The fraction of sp³-hybridized carbons (Fsp3) is 0.321. The van der Waals surface area contributed by atoms with E-state index in [1.54, 1.807) is 23.6 Å². The van der Waals surface area contributed by atoms with E-state index >= 15 is 0 Å². The van der Waals surface area contributed by atoms with Gasteiger partial charge in [0, 0.05) is 26.7 Å². The molecule has 0 saturated carbocycles. The van der Waals surface area contributed by atoms with E-state index in [4.69, 9.17) is 9.73 Å². The second kappa shape index (κ2) is 10.1. The van der Waals surface area contributed by atoms with Gasteiger partial charge >= 0.3 is 0 Å². The molecule has 0 saturated heterocycles. The molecule has 1 aliphatic carbocycles. The Morgan fingerprint density at radius 1 is 1.18 bits per heavy atom. The summed E-state index contributed by atoms with van der Waals surface area (Å²) in [6, 6.07) is 17.8. The van der Waals surface area contributed by atoms with Gasteiger partial charge in [0.2, 0.25) is 0 Å². The van der Waals surface area contributed by atoms with Crippen molar-refractivity contribution in [3.8, 4) is 17.9 Å². The zero-order valence-electron chi connectivity index (χ0n) is 19.6. The van der Waals surface area contributed by atoms with E-state index < -0.39 is 0 Å². The quantitative estimate of drug-likeness (QED) is 0.316. The van der Waals surface area contributed by atoms with Gasteiger partial charge < -0.3 is 4.74 Å².